The molecule has 0 amide bonds. The van der Waals surface area contributed by atoms with E-state index in [-0.39, 0.29) is 5.97 Å². The summed E-state index contributed by atoms with van der Waals surface area (Å²) in [5, 5.41) is 0. The number of rotatable bonds is 1. The molecule has 0 N–H and O–H groups in total. The smallest absolute Gasteiger partial charge is 0.336 e. The van der Waals surface area contributed by atoms with E-state index in [0.717, 1.165) is 16.9 Å². The third-order valence-electron chi connectivity index (χ3n) is 4.60. The summed E-state index contributed by atoms with van der Waals surface area (Å²) >= 11 is 0. The van der Waals surface area contributed by atoms with Gasteiger partial charge in [-0.3, -0.25) is 0 Å². The predicted molar refractivity (Wildman–Crippen MR) is 84.6 cm³/mol. The highest BCUT2D eigenvalue weighted by atomic mass is 16.5. The SMILES string of the molecule is COC(=O)C1=CN(C)C=CC12c1ccc(C)cc1OC2(C)C. The van der Waals surface area contributed by atoms with E-state index in [9.17, 15) is 4.79 Å². The number of carbonyl (C=O) groups excluding carboxylic acids is 1. The van der Waals surface area contributed by atoms with Crippen LogP contribution in [-0.2, 0) is 14.9 Å². The standard InChI is InChI=1S/C18H21NO3/c1-12-6-7-13-15(10-12)22-17(2,3)18(13)8-9-19(4)11-14(18)16(20)21-5/h6-11H,1-5H3. The zero-order valence-electron chi connectivity index (χ0n) is 13.6. The zero-order valence-corrected chi connectivity index (χ0v) is 13.6. The molecule has 1 aromatic carbocycles. The van der Waals surface area contributed by atoms with Gasteiger partial charge in [0.05, 0.1) is 18.1 Å². The number of hydrogen-bond donors (Lipinski definition) is 0. The lowest BCUT2D eigenvalue weighted by molar-refractivity contribution is -0.137. The largest absolute Gasteiger partial charge is 0.486 e. The molecule has 0 bridgehead atoms. The van der Waals surface area contributed by atoms with Gasteiger partial charge in [0, 0.05) is 25.0 Å². The molecule has 2 heterocycles. The highest BCUT2D eigenvalue weighted by Crippen LogP contribution is 2.55. The van der Waals surface area contributed by atoms with Crippen LogP contribution in [0.1, 0.15) is 25.0 Å². The average Bonchev–Trinajstić information content (AvgIpc) is 2.67. The first kappa shape index (κ1) is 14.7. The molecule has 116 valence electrons. The van der Waals surface area contributed by atoms with Gasteiger partial charge in [-0.05, 0) is 38.5 Å². The molecule has 4 heteroatoms. The zero-order chi connectivity index (χ0) is 16.1. The summed E-state index contributed by atoms with van der Waals surface area (Å²) in [5.74, 6) is 0.496. The van der Waals surface area contributed by atoms with Crippen molar-refractivity contribution >= 4 is 5.97 Å². The Labute approximate surface area is 131 Å². The fraction of sp³-hybridized carbons (Fsp3) is 0.389. The van der Waals surface area contributed by atoms with Crippen molar-refractivity contribution in [1.82, 2.24) is 4.90 Å². The molecule has 0 fully saturated rings. The molecule has 1 atom stereocenters. The lowest BCUT2D eigenvalue weighted by Gasteiger charge is -2.41. The van der Waals surface area contributed by atoms with E-state index < -0.39 is 11.0 Å². The number of methoxy groups -OCH3 is 1. The molecule has 1 aromatic rings. The predicted octanol–water partition coefficient (Wildman–Crippen LogP) is 2.92. The topological polar surface area (TPSA) is 38.8 Å². The number of carbonyl (C=O) groups is 1. The maximum atomic E-state index is 12.4. The number of esters is 1. The summed E-state index contributed by atoms with van der Waals surface area (Å²) in [7, 11) is 3.30. The Morgan fingerprint density at radius 3 is 2.73 bits per heavy atom. The summed E-state index contributed by atoms with van der Waals surface area (Å²) in [6.45, 7) is 6.05. The monoisotopic (exact) mass is 299 g/mol. The van der Waals surface area contributed by atoms with Crippen LogP contribution in [0.2, 0.25) is 0 Å². The molecule has 0 saturated carbocycles. The Bertz CT molecular complexity index is 702. The minimum atomic E-state index is -0.643. The third kappa shape index (κ3) is 1.79. The van der Waals surface area contributed by atoms with E-state index in [1.54, 1.807) is 0 Å². The van der Waals surface area contributed by atoms with Crippen molar-refractivity contribution < 1.29 is 14.3 Å². The summed E-state index contributed by atoms with van der Waals surface area (Å²) in [6, 6.07) is 6.12. The summed E-state index contributed by atoms with van der Waals surface area (Å²) in [5.41, 5.74) is 1.50. The van der Waals surface area contributed by atoms with E-state index in [4.69, 9.17) is 9.47 Å². The van der Waals surface area contributed by atoms with Crippen molar-refractivity contribution in [3.63, 3.8) is 0 Å². The minimum Gasteiger partial charge on any atom is -0.486 e. The molecule has 2 aliphatic rings. The molecule has 0 saturated heterocycles. The number of nitrogens with zero attached hydrogens (tertiary/aromatic N) is 1. The van der Waals surface area contributed by atoms with Gasteiger partial charge in [-0.1, -0.05) is 12.1 Å². The van der Waals surface area contributed by atoms with Gasteiger partial charge >= 0.3 is 5.97 Å². The molecular formula is C18H21NO3. The van der Waals surface area contributed by atoms with Crippen LogP contribution in [-0.4, -0.2) is 30.6 Å². The summed E-state index contributed by atoms with van der Waals surface area (Å²) in [4.78, 5) is 14.3. The normalized spacial score (nSPS) is 24.8. The maximum absolute atomic E-state index is 12.4. The number of hydrogen-bond acceptors (Lipinski definition) is 4. The third-order valence-corrected chi connectivity index (χ3v) is 4.60. The van der Waals surface area contributed by atoms with Crippen LogP contribution in [0.25, 0.3) is 0 Å². The summed E-state index contributed by atoms with van der Waals surface area (Å²) in [6.07, 6.45) is 5.83. The molecule has 3 rings (SSSR count). The first-order valence-electron chi connectivity index (χ1n) is 7.34. The lowest BCUT2D eigenvalue weighted by atomic mass is 9.64. The van der Waals surface area contributed by atoms with Crippen LogP contribution < -0.4 is 4.74 Å². The molecule has 22 heavy (non-hydrogen) atoms. The molecule has 1 unspecified atom stereocenters. The number of ether oxygens (including phenoxy) is 2. The molecule has 1 spiro atoms. The highest BCUT2D eigenvalue weighted by molar-refractivity contribution is 5.94. The Kier molecular flexibility index (Phi) is 3.09. The second kappa shape index (κ2) is 4.63. The van der Waals surface area contributed by atoms with Gasteiger partial charge in [-0.2, -0.15) is 0 Å². The van der Waals surface area contributed by atoms with Crippen molar-refractivity contribution in [2.24, 2.45) is 0 Å². The van der Waals surface area contributed by atoms with Gasteiger partial charge < -0.3 is 14.4 Å². The molecular weight excluding hydrogens is 278 g/mol. The number of benzene rings is 1. The van der Waals surface area contributed by atoms with Crippen LogP contribution in [0.5, 0.6) is 5.75 Å². The van der Waals surface area contributed by atoms with Crippen LogP contribution in [0.4, 0.5) is 0 Å². The van der Waals surface area contributed by atoms with Gasteiger partial charge in [0.2, 0.25) is 0 Å². The molecule has 0 aliphatic carbocycles. The highest BCUT2D eigenvalue weighted by Gasteiger charge is 2.58. The van der Waals surface area contributed by atoms with Gasteiger partial charge in [0.15, 0.2) is 0 Å². The van der Waals surface area contributed by atoms with E-state index in [1.807, 2.05) is 69.4 Å². The van der Waals surface area contributed by atoms with Crippen LogP contribution >= 0.6 is 0 Å². The Hall–Kier alpha value is -2.23. The number of fused-ring (bicyclic) bond motifs is 2. The van der Waals surface area contributed by atoms with Crippen LogP contribution in [0, 0.1) is 6.92 Å². The first-order valence-corrected chi connectivity index (χ1v) is 7.34. The fourth-order valence-electron chi connectivity index (χ4n) is 3.47. The second-order valence-electron chi connectivity index (χ2n) is 6.44. The lowest BCUT2D eigenvalue weighted by Crippen LogP contribution is -2.50. The Morgan fingerprint density at radius 1 is 1.32 bits per heavy atom. The first-order chi connectivity index (χ1) is 10.3. The van der Waals surface area contributed by atoms with E-state index >= 15 is 0 Å². The molecule has 2 aliphatic heterocycles. The quantitative estimate of drug-likeness (QED) is 0.747. The minimum absolute atomic E-state index is 0.332. The molecule has 0 radical (unpaired) electrons. The van der Waals surface area contributed by atoms with Crippen molar-refractivity contribution in [2.75, 3.05) is 14.2 Å². The van der Waals surface area contributed by atoms with Crippen LogP contribution in [0.3, 0.4) is 0 Å². The Balaban J connectivity index is 2.29. The summed E-state index contributed by atoms with van der Waals surface area (Å²) < 4.78 is 11.2. The van der Waals surface area contributed by atoms with Gasteiger partial charge in [-0.25, -0.2) is 4.79 Å². The molecule has 0 aromatic heterocycles. The number of aryl methyl sites for hydroxylation is 1. The second-order valence-corrected chi connectivity index (χ2v) is 6.44. The van der Waals surface area contributed by atoms with E-state index in [1.165, 1.54) is 7.11 Å². The maximum Gasteiger partial charge on any atom is 0.336 e. The van der Waals surface area contributed by atoms with Gasteiger partial charge in [0.1, 0.15) is 11.4 Å². The molecule has 4 nitrogen and oxygen atoms in total. The average molecular weight is 299 g/mol. The van der Waals surface area contributed by atoms with E-state index in [0.29, 0.717) is 5.57 Å². The van der Waals surface area contributed by atoms with Gasteiger partial charge in [-0.15, -0.1) is 0 Å². The van der Waals surface area contributed by atoms with Crippen molar-refractivity contribution in [3.8, 4) is 5.75 Å². The fourth-order valence-corrected chi connectivity index (χ4v) is 3.47. The van der Waals surface area contributed by atoms with Crippen molar-refractivity contribution in [1.29, 1.82) is 0 Å². The Morgan fingerprint density at radius 2 is 2.05 bits per heavy atom. The van der Waals surface area contributed by atoms with Crippen molar-refractivity contribution in [2.45, 2.75) is 31.8 Å². The van der Waals surface area contributed by atoms with E-state index in [2.05, 4.69) is 0 Å². The van der Waals surface area contributed by atoms with Crippen LogP contribution in [0.15, 0.2) is 42.2 Å². The van der Waals surface area contributed by atoms with Crippen molar-refractivity contribution in [3.05, 3.63) is 53.4 Å². The van der Waals surface area contributed by atoms with Gasteiger partial charge in [0.25, 0.3) is 0 Å².